The molecule has 9 nitrogen and oxygen atoms in total. The largest absolute Gasteiger partial charge is 0.466 e. The van der Waals surface area contributed by atoms with Crippen LogP contribution in [-0.2, 0) is 33.3 Å². The molecule has 142 valence electrons. The lowest BCUT2D eigenvalue weighted by Crippen LogP contribution is -2.46. The van der Waals surface area contributed by atoms with E-state index in [1.54, 1.807) is 19.1 Å². The number of ether oxygens (including phenoxy) is 4. The van der Waals surface area contributed by atoms with Crippen molar-refractivity contribution >= 4 is 17.8 Å². The molecule has 1 saturated heterocycles. The molecule has 0 unspecified atom stereocenters. The van der Waals surface area contributed by atoms with Crippen molar-refractivity contribution in [1.29, 1.82) is 0 Å². The second-order valence-corrected chi connectivity index (χ2v) is 5.42. The van der Waals surface area contributed by atoms with Gasteiger partial charge in [0.2, 0.25) is 5.91 Å². The van der Waals surface area contributed by atoms with Gasteiger partial charge in [0.05, 0.1) is 26.4 Å². The molecule has 0 spiro atoms. The molecule has 0 aliphatic carbocycles. The number of rotatable bonds is 10. The summed E-state index contributed by atoms with van der Waals surface area (Å²) < 4.78 is 19.7. The van der Waals surface area contributed by atoms with E-state index in [-0.39, 0.29) is 5.91 Å². The molecule has 25 heavy (non-hydrogen) atoms. The predicted octanol–water partition coefficient (Wildman–Crippen LogP) is -0.889. The van der Waals surface area contributed by atoms with Gasteiger partial charge in [0, 0.05) is 52.4 Å². The molecule has 1 fully saturated rings. The van der Waals surface area contributed by atoms with Gasteiger partial charge in [-0.15, -0.1) is 0 Å². The fraction of sp³-hybridized carbons (Fsp3) is 0.688. The Labute approximate surface area is 147 Å². The summed E-state index contributed by atoms with van der Waals surface area (Å²) in [6.45, 7) is 2.15. The summed E-state index contributed by atoms with van der Waals surface area (Å²) in [5.41, 5.74) is 0. The molecule has 9 heteroatoms. The van der Waals surface area contributed by atoms with E-state index in [4.69, 9.17) is 14.2 Å². The Bertz CT molecular complexity index is 473. The minimum atomic E-state index is -0.652. The molecule has 0 aromatic rings. The molecule has 1 aliphatic heterocycles. The van der Waals surface area contributed by atoms with Crippen molar-refractivity contribution in [3.63, 3.8) is 0 Å². The van der Waals surface area contributed by atoms with Crippen LogP contribution in [0.4, 0.5) is 0 Å². The monoisotopic (exact) mass is 358 g/mol. The van der Waals surface area contributed by atoms with Gasteiger partial charge >= 0.3 is 11.9 Å². The lowest BCUT2D eigenvalue weighted by atomic mass is 10.1. The molecule has 0 aromatic carbocycles. The highest BCUT2D eigenvalue weighted by Crippen LogP contribution is 2.13. The summed E-state index contributed by atoms with van der Waals surface area (Å²) in [4.78, 5) is 36.8. The third kappa shape index (κ3) is 7.63. The van der Waals surface area contributed by atoms with E-state index >= 15 is 0 Å². The quantitative estimate of drug-likeness (QED) is 0.396. The van der Waals surface area contributed by atoms with Gasteiger partial charge in [-0.25, -0.2) is 9.59 Å². The third-order valence-corrected chi connectivity index (χ3v) is 3.67. The van der Waals surface area contributed by atoms with Gasteiger partial charge in [-0.1, -0.05) is 0 Å². The molecule has 1 aliphatic rings. The van der Waals surface area contributed by atoms with Crippen molar-refractivity contribution < 1.29 is 33.3 Å². The zero-order chi connectivity index (χ0) is 18.7. The van der Waals surface area contributed by atoms with Crippen LogP contribution in [0.5, 0.6) is 0 Å². The van der Waals surface area contributed by atoms with Crippen LogP contribution < -0.4 is 5.32 Å². The van der Waals surface area contributed by atoms with Crippen LogP contribution in [0.25, 0.3) is 0 Å². The minimum Gasteiger partial charge on any atom is -0.466 e. The molecule has 0 radical (unpaired) electrons. The number of amides is 1. The fourth-order valence-electron chi connectivity index (χ4n) is 2.34. The summed E-state index contributed by atoms with van der Waals surface area (Å²) in [5.74, 6) is -1.37. The Morgan fingerprint density at radius 2 is 1.64 bits per heavy atom. The highest BCUT2D eigenvalue weighted by Gasteiger charge is 2.33. The van der Waals surface area contributed by atoms with Crippen LogP contribution in [0.3, 0.4) is 0 Å². The molecule has 1 N–H and O–H groups in total. The molecule has 0 saturated carbocycles. The van der Waals surface area contributed by atoms with Crippen molar-refractivity contribution in [3.8, 4) is 0 Å². The average Bonchev–Trinajstić information content (AvgIpc) is 3.07. The Morgan fingerprint density at radius 1 is 1.04 bits per heavy atom. The second-order valence-electron chi connectivity index (χ2n) is 5.42. The van der Waals surface area contributed by atoms with E-state index in [2.05, 4.69) is 10.1 Å². The standard InChI is InChI=1S/C16H26N2O7/c1-22-8-6-18(7-9-23-2)16(21)13-10-12(11-17-13)25-15(20)5-4-14(19)24-3/h4-5,12-13,17H,6-11H2,1-3H3/b5-4+/t12-,13+/m1/s1. The Hall–Kier alpha value is -1.97. The first-order chi connectivity index (χ1) is 12.0. The Morgan fingerprint density at radius 3 is 2.20 bits per heavy atom. The molecule has 2 atom stereocenters. The van der Waals surface area contributed by atoms with Crippen molar-refractivity contribution in [2.45, 2.75) is 18.6 Å². The molecular weight excluding hydrogens is 332 g/mol. The maximum Gasteiger partial charge on any atom is 0.331 e. The summed E-state index contributed by atoms with van der Waals surface area (Å²) in [5, 5.41) is 3.06. The van der Waals surface area contributed by atoms with E-state index in [0.29, 0.717) is 39.3 Å². The first-order valence-corrected chi connectivity index (χ1v) is 7.98. The first-order valence-electron chi connectivity index (χ1n) is 7.98. The van der Waals surface area contributed by atoms with Gasteiger partial charge in [-0.3, -0.25) is 4.79 Å². The summed E-state index contributed by atoms with van der Waals surface area (Å²) in [6, 6.07) is -0.434. The molecule has 1 amide bonds. The van der Waals surface area contributed by atoms with Crippen LogP contribution in [0.15, 0.2) is 12.2 Å². The Balaban J connectivity index is 2.50. The molecule has 0 bridgehead atoms. The number of nitrogens with one attached hydrogen (secondary N) is 1. The maximum absolute atomic E-state index is 12.6. The first kappa shape index (κ1) is 21.1. The number of hydrogen-bond acceptors (Lipinski definition) is 8. The van der Waals surface area contributed by atoms with Gasteiger partial charge in [0.1, 0.15) is 6.10 Å². The van der Waals surface area contributed by atoms with Gasteiger partial charge in [0.15, 0.2) is 0 Å². The summed E-state index contributed by atoms with van der Waals surface area (Å²) in [7, 11) is 4.36. The number of carbonyl (C=O) groups excluding carboxylic acids is 3. The third-order valence-electron chi connectivity index (χ3n) is 3.67. The Kier molecular flexibility index (Phi) is 9.75. The van der Waals surface area contributed by atoms with Crippen LogP contribution in [0.1, 0.15) is 6.42 Å². The molecule has 1 heterocycles. The molecular formula is C16H26N2O7. The summed E-state index contributed by atoms with van der Waals surface area (Å²) >= 11 is 0. The van der Waals surface area contributed by atoms with Crippen LogP contribution in [0.2, 0.25) is 0 Å². The van der Waals surface area contributed by atoms with Crippen molar-refractivity contribution in [2.75, 3.05) is 54.2 Å². The van der Waals surface area contributed by atoms with Gasteiger partial charge in [-0.05, 0) is 0 Å². The van der Waals surface area contributed by atoms with E-state index in [1.807, 2.05) is 0 Å². The van der Waals surface area contributed by atoms with Crippen LogP contribution in [-0.4, -0.2) is 89.1 Å². The zero-order valence-electron chi connectivity index (χ0n) is 14.9. The van der Waals surface area contributed by atoms with E-state index in [1.165, 1.54) is 7.11 Å². The smallest absolute Gasteiger partial charge is 0.331 e. The number of esters is 2. The SMILES string of the molecule is COCCN(CCOC)C(=O)[C@@H]1C[C@@H](OC(=O)/C=C/C(=O)OC)CN1. The number of nitrogens with zero attached hydrogens (tertiary/aromatic N) is 1. The highest BCUT2D eigenvalue weighted by atomic mass is 16.5. The van der Waals surface area contributed by atoms with Gasteiger partial charge < -0.3 is 29.2 Å². The van der Waals surface area contributed by atoms with Gasteiger partial charge in [-0.2, -0.15) is 0 Å². The lowest BCUT2D eigenvalue weighted by molar-refractivity contribution is -0.143. The van der Waals surface area contributed by atoms with Crippen LogP contribution >= 0.6 is 0 Å². The fourth-order valence-corrected chi connectivity index (χ4v) is 2.34. The summed E-state index contributed by atoms with van der Waals surface area (Å²) in [6.07, 6.45) is 1.93. The average molecular weight is 358 g/mol. The maximum atomic E-state index is 12.6. The lowest BCUT2D eigenvalue weighted by Gasteiger charge is -2.25. The van der Waals surface area contributed by atoms with E-state index in [0.717, 1.165) is 12.2 Å². The predicted molar refractivity (Wildman–Crippen MR) is 87.8 cm³/mol. The van der Waals surface area contributed by atoms with Crippen molar-refractivity contribution in [2.24, 2.45) is 0 Å². The van der Waals surface area contributed by atoms with Gasteiger partial charge in [0.25, 0.3) is 0 Å². The van der Waals surface area contributed by atoms with Crippen LogP contribution in [0, 0.1) is 0 Å². The van der Waals surface area contributed by atoms with E-state index < -0.39 is 24.1 Å². The highest BCUT2D eigenvalue weighted by molar-refractivity contribution is 5.91. The number of carbonyl (C=O) groups is 3. The van der Waals surface area contributed by atoms with Crippen molar-refractivity contribution in [3.05, 3.63) is 12.2 Å². The molecule has 0 aromatic heterocycles. The minimum absolute atomic E-state index is 0.0854. The topological polar surface area (TPSA) is 103 Å². The normalized spacial score (nSPS) is 19.8. The van der Waals surface area contributed by atoms with Crippen molar-refractivity contribution in [1.82, 2.24) is 10.2 Å². The number of hydrogen-bond donors (Lipinski definition) is 1. The zero-order valence-corrected chi connectivity index (χ0v) is 14.9. The van der Waals surface area contributed by atoms with E-state index in [9.17, 15) is 14.4 Å². The molecule has 1 rings (SSSR count). The number of methoxy groups -OCH3 is 3. The second kappa shape index (κ2) is 11.6.